The minimum atomic E-state index is -3.50. The number of nitrogens with zero attached hydrogens (tertiary/aromatic N) is 1. The Hall–Kier alpha value is -2.31. The molecule has 2 heterocycles. The number of benzene rings is 2. The van der Waals surface area contributed by atoms with Crippen LogP contribution in [0.4, 0.5) is 0 Å². The number of aromatic amines is 1. The van der Waals surface area contributed by atoms with E-state index < -0.39 is 10.0 Å². The zero-order valence-corrected chi connectivity index (χ0v) is 16.8. The fourth-order valence-corrected chi connectivity index (χ4v) is 6.01. The van der Waals surface area contributed by atoms with Gasteiger partial charge in [0.15, 0.2) is 0 Å². The second-order valence-electron chi connectivity index (χ2n) is 7.72. The Morgan fingerprint density at radius 1 is 1.00 bits per heavy atom. The SMILES string of the molecule is COc1ccc2[nH]c3c(c2c1)CCN(S(=O)(=O)c1ccc2c(c1)CCCC2)C3. The molecule has 146 valence electrons. The lowest BCUT2D eigenvalue weighted by Gasteiger charge is -2.27. The van der Waals surface area contributed by atoms with Gasteiger partial charge in [0.1, 0.15) is 5.75 Å². The number of nitrogens with one attached hydrogen (secondary N) is 1. The first kappa shape index (κ1) is 17.8. The Morgan fingerprint density at radius 2 is 1.82 bits per heavy atom. The van der Waals surface area contributed by atoms with Gasteiger partial charge in [-0.15, -0.1) is 0 Å². The van der Waals surface area contributed by atoms with Crippen LogP contribution in [-0.2, 0) is 35.8 Å². The van der Waals surface area contributed by atoms with Crippen molar-refractivity contribution in [3.05, 3.63) is 58.8 Å². The van der Waals surface area contributed by atoms with E-state index in [2.05, 4.69) is 4.98 Å². The van der Waals surface area contributed by atoms with Gasteiger partial charge in [-0.3, -0.25) is 0 Å². The van der Waals surface area contributed by atoms with Crippen LogP contribution in [0.3, 0.4) is 0 Å². The van der Waals surface area contributed by atoms with Crippen LogP contribution in [0, 0.1) is 0 Å². The van der Waals surface area contributed by atoms with Gasteiger partial charge >= 0.3 is 0 Å². The van der Waals surface area contributed by atoms with Gasteiger partial charge in [-0.1, -0.05) is 6.07 Å². The predicted molar refractivity (Wildman–Crippen MR) is 109 cm³/mol. The summed E-state index contributed by atoms with van der Waals surface area (Å²) in [4.78, 5) is 3.83. The summed E-state index contributed by atoms with van der Waals surface area (Å²) >= 11 is 0. The lowest BCUT2D eigenvalue weighted by molar-refractivity contribution is 0.388. The average molecular weight is 397 g/mol. The summed E-state index contributed by atoms with van der Waals surface area (Å²) < 4.78 is 33.5. The Bertz CT molecular complexity index is 1160. The van der Waals surface area contributed by atoms with E-state index in [1.165, 1.54) is 23.1 Å². The number of hydrogen-bond donors (Lipinski definition) is 1. The number of ether oxygens (including phenoxy) is 1. The molecular formula is C22H24N2O3S. The average Bonchev–Trinajstić information content (AvgIpc) is 3.10. The largest absolute Gasteiger partial charge is 0.497 e. The zero-order valence-electron chi connectivity index (χ0n) is 16.0. The third-order valence-electron chi connectivity index (χ3n) is 6.11. The van der Waals surface area contributed by atoms with Gasteiger partial charge in [0.25, 0.3) is 0 Å². The van der Waals surface area contributed by atoms with Gasteiger partial charge in [-0.05, 0) is 79.1 Å². The van der Waals surface area contributed by atoms with E-state index in [9.17, 15) is 8.42 Å². The van der Waals surface area contributed by atoms with E-state index in [1.54, 1.807) is 17.5 Å². The van der Waals surface area contributed by atoms with Crippen LogP contribution in [0.5, 0.6) is 5.75 Å². The monoisotopic (exact) mass is 396 g/mol. The molecule has 1 aliphatic heterocycles. The highest BCUT2D eigenvalue weighted by atomic mass is 32.2. The molecule has 0 radical (unpaired) electrons. The molecule has 0 saturated heterocycles. The van der Waals surface area contributed by atoms with Crippen LogP contribution in [0.1, 0.15) is 35.2 Å². The normalized spacial score (nSPS) is 17.3. The van der Waals surface area contributed by atoms with Crippen LogP contribution in [0.15, 0.2) is 41.3 Å². The smallest absolute Gasteiger partial charge is 0.243 e. The van der Waals surface area contributed by atoms with Crippen LogP contribution in [0.2, 0.25) is 0 Å². The van der Waals surface area contributed by atoms with Crippen molar-refractivity contribution in [2.75, 3.05) is 13.7 Å². The van der Waals surface area contributed by atoms with Gasteiger partial charge in [0.2, 0.25) is 10.0 Å². The molecule has 28 heavy (non-hydrogen) atoms. The maximum atomic E-state index is 13.3. The molecule has 0 bridgehead atoms. The van der Waals surface area contributed by atoms with Crippen molar-refractivity contribution in [3.63, 3.8) is 0 Å². The van der Waals surface area contributed by atoms with Crippen molar-refractivity contribution in [3.8, 4) is 5.75 Å². The minimum absolute atomic E-state index is 0.381. The summed E-state index contributed by atoms with van der Waals surface area (Å²) in [5.41, 5.74) is 5.71. The van der Waals surface area contributed by atoms with E-state index in [0.717, 1.165) is 41.6 Å². The number of sulfonamides is 1. The summed E-state index contributed by atoms with van der Waals surface area (Å²) in [6.45, 7) is 0.877. The van der Waals surface area contributed by atoms with Crippen LogP contribution in [0.25, 0.3) is 10.9 Å². The number of aromatic nitrogens is 1. The number of methoxy groups -OCH3 is 1. The van der Waals surface area contributed by atoms with E-state index in [-0.39, 0.29) is 0 Å². The van der Waals surface area contributed by atoms with E-state index in [4.69, 9.17) is 4.74 Å². The van der Waals surface area contributed by atoms with Crippen molar-refractivity contribution < 1.29 is 13.2 Å². The molecule has 0 atom stereocenters. The maximum absolute atomic E-state index is 13.3. The van der Waals surface area contributed by atoms with E-state index in [0.29, 0.717) is 24.4 Å². The second-order valence-corrected chi connectivity index (χ2v) is 9.66. The fraction of sp³-hybridized carbons (Fsp3) is 0.364. The predicted octanol–water partition coefficient (Wildman–Crippen LogP) is 3.80. The lowest BCUT2D eigenvalue weighted by atomic mass is 9.92. The molecule has 0 amide bonds. The van der Waals surface area contributed by atoms with Gasteiger partial charge in [0, 0.05) is 23.1 Å². The molecule has 0 saturated carbocycles. The molecule has 2 aliphatic rings. The zero-order chi connectivity index (χ0) is 19.3. The molecule has 1 aliphatic carbocycles. The molecule has 1 aromatic heterocycles. The van der Waals surface area contributed by atoms with Gasteiger partial charge in [0.05, 0.1) is 18.6 Å². The molecular weight excluding hydrogens is 372 g/mol. The summed E-state index contributed by atoms with van der Waals surface area (Å²) in [6, 6.07) is 11.6. The number of fused-ring (bicyclic) bond motifs is 4. The highest BCUT2D eigenvalue weighted by molar-refractivity contribution is 7.89. The van der Waals surface area contributed by atoms with Crippen molar-refractivity contribution in [2.24, 2.45) is 0 Å². The number of hydrogen-bond acceptors (Lipinski definition) is 3. The van der Waals surface area contributed by atoms with Crippen LogP contribution >= 0.6 is 0 Å². The molecule has 2 aromatic carbocycles. The highest BCUT2D eigenvalue weighted by Crippen LogP contribution is 2.33. The third kappa shape index (κ3) is 2.83. The topological polar surface area (TPSA) is 62.4 Å². The summed E-state index contributed by atoms with van der Waals surface area (Å²) in [5.74, 6) is 0.818. The fourth-order valence-electron chi connectivity index (χ4n) is 4.55. The Labute approximate surface area is 165 Å². The van der Waals surface area contributed by atoms with Crippen LogP contribution < -0.4 is 4.74 Å². The second kappa shape index (κ2) is 6.64. The molecule has 5 nitrogen and oxygen atoms in total. The minimum Gasteiger partial charge on any atom is -0.497 e. The van der Waals surface area contributed by atoms with E-state index >= 15 is 0 Å². The molecule has 3 aromatic rings. The number of aryl methyl sites for hydroxylation is 2. The quantitative estimate of drug-likeness (QED) is 0.732. The summed E-state index contributed by atoms with van der Waals surface area (Å²) in [6.07, 6.45) is 5.07. The van der Waals surface area contributed by atoms with Gasteiger partial charge in [-0.25, -0.2) is 8.42 Å². The Balaban J connectivity index is 1.48. The molecule has 0 unspecified atom stereocenters. The Morgan fingerprint density at radius 3 is 2.64 bits per heavy atom. The van der Waals surface area contributed by atoms with Gasteiger partial charge in [-0.2, -0.15) is 4.31 Å². The number of H-pyrrole nitrogens is 1. The van der Waals surface area contributed by atoms with Crippen molar-refractivity contribution in [1.82, 2.24) is 9.29 Å². The van der Waals surface area contributed by atoms with Gasteiger partial charge < -0.3 is 9.72 Å². The van der Waals surface area contributed by atoms with E-state index in [1.807, 2.05) is 30.3 Å². The van der Waals surface area contributed by atoms with Crippen molar-refractivity contribution >= 4 is 20.9 Å². The molecule has 6 heteroatoms. The first-order chi connectivity index (χ1) is 13.6. The lowest BCUT2D eigenvalue weighted by Crippen LogP contribution is -2.36. The molecule has 0 fully saturated rings. The van der Waals surface area contributed by atoms with Crippen LogP contribution in [-0.4, -0.2) is 31.4 Å². The van der Waals surface area contributed by atoms with Crippen molar-refractivity contribution in [1.29, 1.82) is 0 Å². The van der Waals surface area contributed by atoms with Crippen molar-refractivity contribution in [2.45, 2.75) is 43.5 Å². The highest BCUT2D eigenvalue weighted by Gasteiger charge is 2.30. The third-order valence-corrected chi connectivity index (χ3v) is 7.95. The Kier molecular flexibility index (Phi) is 4.21. The first-order valence-corrected chi connectivity index (χ1v) is 11.3. The maximum Gasteiger partial charge on any atom is 0.243 e. The molecule has 5 rings (SSSR count). The summed E-state index contributed by atoms with van der Waals surface area (Å²) in [7, 11) is -1.84. The first-order valence-electron chi connectivity index (χ1n) is 9.86. The molecule has 1 N–H and O–H groups in total. The standard InChI is InChI=1S/C22H24N2O3S/c1-27-17-7-9-21-20(13-17)19-10-11-24(14-22(19)23-21)28(25,26)18-8-6-15-4-2-3-5-16(15)12-18/h6-9,12-13,23H,2-5,10-11,14H2,1H3. The number of rotatable bonds is 3. The summed E-state index contributed by atoms with van der Waals surface area (Å²) in [5, 5.41) is 1.13. The molecule has 0 spiro atoms.